The van der Waals surface area contributed by atoms with Gasteiger partial charge in [0.25, 0.3) is 0 Å². The second-order valence-electron chi connectivity index (χ2n) is 29.6. The van der Waals surface area contributed by atoms with Crippen molar-refractivity contribution in [2.24, 2.45) is 28.7 Å². The van der Waals surface area contributed by atoms with Gasteiger partial charge in [0.1, 0.15) is 30.2 Å². The van der Waals surface area contributed by atoms with Crippen LogP contribution in [-0.2, 0) is 99.1 Å². The van der Waals surface area contributed by atoms with Gasteiger partial charge in [-0.25, -0.2) is 4.98 Å². The monoisotopic (exact) mass is 1960 g/mol. The van der Waals surface area contributed by atoms with E-state index in [-0.39, 0.29) is 74.5 Å². The topological polar surface area (TPSA) is 806 Å². The number of aliphatic carboxylic acids is 1. The number of amides is 17. The maximum atomic E-state index is 14.9. The molecule has 2 aliphatic heterocycles. The Morgan fingerprint density at radius 1 is 0.551 bits per heavy atom. The van der Waals surface area contributed by atoms with Crippen LogP contribution < -0.4 is 114 Å². The van der Waals surface area contributed by atoms with E-state index in [0.717, 1.165) is 45.8 Å². The quantitative estimate of drug-likeness (QED) is 0.0101. The third-order valence-corrected chi connectivity index (χ3v) is 28.9. The van der Waals surface area contributed by atoms with Crippen molar-refractivity contribution in [2.45, 2.75) is 212 Å². The number of carbonyl (C=O) groups excluding carboxylic acids is 17. The Kier molecular flexibility index (Phi) is 46.1. The molecule has 2 aromatic heterocycles. The van der Waals surface area contributed by atoms with Crippen LogP contribution in [0.25, 0.3) is 10.9 Å². The van der Waals surface area contributed by atoms with Crippen molar-refractivity contribution < 1.29 is 107 Å². The Labute approximate surface area is 747 Å². The summed E-state index contributed by atoms with van der Waals surface area (Å²) >= 11 is -1.67. The van der Waals surface area contributed by atoms with Gasteiger partial charge in [-0.15, -0.1) is 0 Å². The number of aliphatic hydroxyl groups is 3. The fraction of sp³-hybridized carbons (Fsp3) is 0.581. The van der Waals surface area contributed by atoms with Gasteiger partial charge >= 0.3 is 394 Å². The molecule has 2 unspecified atom stereocenters. The number of aliphatic hydroxyl groups excluding tert-OH is 3. The molecule has 2 saturated heterocycles. The first-order valence-electron chi connectivity index (χ1n) is 40.4. The third-order valence-electron chi connectivity index (χ3n) is 19.3. The molecule has 0 radical (unpaired) electrons. The predicted molar refractivity (Wildman–Crippen MR) is 461 cm³/mol. The van der Waals surface area contributed by atoms with Gasteiger partial charge in [-0.05, 0) is 37.8 Å². The zero-order valence-corrected chi connectivity index (χ0v) is 75.0. The maximum absolute atomic E-state index is 14.9. The predicted octanol–water partition coefficient (Wildman–Crippen LogP) is -11.1. The van der Waals surface area contributed by atoms with Crippen LogP contribution in [0.5, 0.6) is 0 Å². The Hall–Kier alpha value is -11.5. The van der Waals surface area contributed by atoms with Crippen LogP contribution >= 0.6 is 21.6 Å². The number of primary amides is 2. The molecule has 2 bridgehead atoms. The number of nitrogens with one attached hydrogen (secondary N) is 20. The van der Waals surface area contributed by atoms with E-state index in [1.807, 2.05) is 6.92 Å². The minimum absolute atomic E-state index is 0.0714. The summed E-state index contributed by atoms with van der Waals surface area (Å²) in [5.74, 6) is -23.6. The van der Waals surface area contributed by atoms with Gasteiger partial charge < -0.3 is 67.8 Å². The van der Waals surface area contributed by atoms with Crippen LogP contribution in [0, 0.1) is 10.8 Å². The first-order valence-corrected chi connectivity index (χ1v) is 49.7. The molecule has 3 aromatic rings. The van der Waals surface area contributed by atoms with Gasteiger partial charge in [-0.1, -0.05) is 57.2 Å². The number of nitrogens with two attached hydrogens (primary N) is 5. The second kappa shape index (κ2) is 55.2. The number of hydrogen-bond donors (Lipinski definition) is 29. The average molecular weight is 1960 g/mol. The van der Waals surface area contributed by atoms with Crippen LogP contribution in [0.4, 0.5) is 0 Å². The zero-order chi connectivity index (χ0) is 94.0. The van der Waals surface area contributed by atoms with Crippen molar-refractivity contribution in [3.8, 4) is 0 Å². The molecule has 53 heteroatoms. The molecule has 2 aliphatic rings. The second-order valence-corrected chi connectivity index (χ2v) is 39.6. The third kappa shape index (κ3) is 37.2. The van der Waals surface area contributed by atoms with Crippen LogP contribution in [-0.4, -0.2) is 333 Å². The number of imidazole rings is 1. The zero-order valence-electron chi connectivity index (χ0n) is 69.9. The number of rotatable bonds is 29. The summed E-state index contributed by atoms with van der Waals surface area (Å²) in [7, 11) is 1.47. The molecule has 0 saturated carbocycles. The van der Waals surface area contributed by atoms with E-state index in [2.05, 4.69) is 100 Å². The molecular formula is C74H115N27O22S2Se2. The van der Waals surface area contributed by atoms with Crippen molar-refractivity contribution >= 4 is 177 Å². The number of guanidine groups is 2. The van der Waals surface area contributed by atoms with Crippen LogP contribution in [0.15, 0.2) is 43.0 Å². The van der Waals surface area contributed by atoms with Crippen molar-refractivity contribution in [1.29, 1.82) is 10.8 Å². The molecule has 0 spiro atoms. The Balaban J connectivity index is 1.70. The number of unbranched alkanes of at least 4 members (excludes halogenated alkanes) is 5. The summed E-state index contributed by atoms with van der Waals surface area (Å²) in [5, 5.41) is 97.0. The molecule has 49 nitrogen and oxygen atoms in total. The van der Waals surface area contributed by atoms with E-state index in [4.69, 9.17) is 39.5 Å². The smallest absolute Gasteiger partial charge is 0.394 e. The molecule has 127 heavy (non-hydrogen) atoms. The summed E-state index contributed by atoms with van der Waals surface area (Å²) in [6.07, 6.45) is 4.01. The number of aromatic nitrogens is 3. The van der Waals surface area contributed by atoms with Gasteiger partial charge in [0.2, 0.25) is 35.4 Å². The average Bonchev–Trinajstić information content (AvgIpc) is 1.67. The number of hydrogen-bond acceptors (Lipinski definition) is 27. The van der Waals surface area contributed by atoms with E-state index >= 15 is 0 Å². The first-order chi connectivity index (χ1) is 60.4. The molecular weight excluding hydrogens is 1840 g/mol. The van der Waals surface area contributed by atoms with Crippen molar-refractivity contribution in [3.05, 3.63) is 54.2 Å². The molecule has 702 valence electrons. The normalized spacial score (nSPS) is 24.6. The van der Waals surface area contributed by atoms with Gasteiger partial charge in [-0.3, -0.25) is 43.8 Å². The summed E-state index contributed by atoms with van der Waals surface area (Å²) in [6, 6.07) is -19.9. The summed E-state index contributed by atoms with van der Waals surface area (Å²) in [4.78, 5) is 267. The number of nitrogens with zero attached hydrogens (tertiary/aromatic N) is 2. The fourth-order valence-corrected chi connectivity index (χ4v) is 21.8. The van der Waals surface area contributed by atoms with E-state index in [1.165, 1.54) is 26.4 Å². The Bertz CT molecular complexity index is 4330. The van der Waals surface area contributed by atoms with Gasteiger partial charge in [0, 0.05) is 48.5 Å². The standard InChI is InChI=1S/C74H115N27O22S2Se2/c1-4-5-6-7-8-11-20-101-27-56(106)88-44(21-38-25-85-41-15-10-9-14-40(38)41)63(114)87-37(3)60(111)89-42(16-12-18-83-73(78)79)61(112)93-47(24-57(107)108)66(117)91-45(22-39-26-82-35-86-39)64(115)94-48(28-102)67(118)90-43(17-13-19-84-74(80)81)62(113)100-54-34-127-126-33-53(99-59(110)36(2)75)70(121)92-46(23-55(76)105)65(116)98-52(32-125-124-31-51(58(77)109)97-71(54)122)69(120)95-49(29-103)68(119)96-50(30-104)72(101)123/h9-10,14-15,25-26,35-37,42-54,85,102-104H,4-8,11-13,16-24,27-34,75H2,1-3H3,(H2,76,105)(H2,77,109)(H,82,86)(H,87,114)(H,88,106)(H,89,111)(H,90,118)(H,91,117)(H,92,121)(H,93,112)(H,94,115)(H,95,120)(H,96,119)(H,97,122)(H,98,116)(H,99,110)(H,100,113)(H,107,108)(H4,78,79,83)(H4,80,81,84)/t36-,37-,42-,43-,44-,45-,46-,47-,48-,49-,50-,51-,52-,53?,54?/m0/s1. The van der Waals surface area contributed by atoms with Gasteiger partial charge in [0.05, 0.1) is 25.9 Å². The number of H-pyrrole nitrogens is 2. The number of carboxylic acid groups (broad SMARTS) is 1. The number of para-hydroxylation sites is 1. The Morgan fingerprint density at radius 2 is 1.05 bits per heavy atom. The van der Waals surface area contributed by atoms with Crippen LogP contribution in [0.3, 0.4) is 0 Å². The molecule has 15 atom stereocenters. The molecule has 1 aromatic carbocycles. The summed E-state index contributed by atoms with van der Waals surface area (Å²) in [6.45, 7) is -0.538. The number of carboxylic acids is 1. The van der Waals surface area contributed by atoms with E-state index < -0.39 is 292 Å². The van der Waals surface area contributed by atoms with Crippen molar-refractivity contribution in [2.75, 3.05) is 57.5 Å². The molecule has 17 amide bonds. The summed E-state index contributed by atoms with van der Waals surface area (Å²) in [5.41, 5.74) is 29.6. The first kappa shape index (κ1) is 106. The number of benzene rings is 1. The van der Waals surface area contributed by atoms with Gasteiger partial charge in [0.15, 0.2) is 5.96 Å². The molecule has 4 heterocycles. The van der Waals surface area contributed by atoms with Crippen molar-refractivity contribution in [1.82, 2.24) is 105 Å². The Morgan fingerprint density at radius 3 is 1.65 bits per heavy atom. The molecule has 2 fully saturated rings. The van der Waals surface area contributed by atoms with Crippen LogP contribution in [0.2, 0.25) is 10.6 Å². The minimum Gasteiger partial charge on any atom is -0.394 e. The molecule has 34 N–H and O–H groups in total. The molecule has 5 rings (SSSR count). The van der Waals surface area contributed by atoms with E-state index in [9.17, 15) is 107 Å². The number of carbonyl (C=O) groups is 18. The number of aromatic amines is 2. The van der Waals surface area contributed by atoms with Gasteiger partial charge in [-0.2, -0.15) is 0 Å². The molecule has 0 aliphatic carbocycles. The minimum atomic E-state index is -2.11. The van der Waals surface area contributed by atoms with Crippen molar-refractivity contribution in [3.63, 3.8) is 0 Å². The number of fused-ring (bicyclic) bond motifs is 9. The fourth-order valence-electron chi connectivity index (χ4n) is 12.4. The SMILES string of the molecule is CCCCCCCCN1CC(=O)N[C@@H](Cc2c[nH]c3ccccc23)C(=O)N[C@@H](C)C(=O)N[C@@H](CCCNC(=N)N)C(=O)N[C@@H](CC(=O)O)C(=O)N[C@@H](Cc2cnc[nH]2)C(=O)N[C@@H](CO)C(=O)N[C@@H](CCCNC(=N)N)C(=O)NC2C[Se][Se]CC(NC(=O)[C@H](C)N)C(=O)N[C@@H](CC(N)=O)C(=O)N[C@@H](CSSC[C@@H](C(N)=O)NC2=O)C(=O)N[C@@H](CO)C(=O)N[C@@H](CO)C1=O. The van der Waals surface area contributed by atoms with Crippen LogP contribution in [0.1, 0.15) is 109 Å². The van der Waals surface area contributed by atoms with E-state index in [1.54, 1.807) is 30.5 Å². The van der Waals surface area contributed by atoms with E-state index in [0.29, 0.717) is 29.3 Å². The summed E-state index contributed by atoms with van der Waals surface area (Å²) < 4.78 is 0.